The average Bonchev–Trinajstić information content (AvgIpc) is 2.14. The van der Waals surface area contributed by atoms with Gasteiger partial charge in [0.2, 0.25) is 0 Å². The zero-order valence-electron chi connectivity index (χ0n) is 10.6. The zero-order chi connectivity index (χ0) is 13.1. The minimum absolute atomic E-state index is 0.0560. The molecule has 3 nitrogen and oxygen atoms in total. The van der Waals surface area contributed by atoms with Crippen LogP contribution in [0.5, 0.6) is 0 Å². The van der Waals surface area contributed by atoms with Crippen LogP contribution < -0.4 is 5.32 Å². The van der Waals surface area contributed by atoms with Gasteiger partial charge in [-0.25, -0.2) is 4.79 Å². The molecule has 0 heterocycles. The van der Waals surface area contributed by atoms with Gasteiger partial charge >= 0.3 is 6.09 Å². The van der Waals surface area contributed by atoms with E-state index >= 15 is 0 Å². The summed E-state index contributed by atoms with van der Waals surface area (Å²) in [5, 5.41) is 2.82. The largest absolute Gasteiger partial charge is 0.444 e. The molecule has 94 valence electrons. The first-order chi connectivity index (χ1) is 7.78. The number of nitrogens with one attached hydrogen (secondary N) is 1. The lowest BCUT2D eigenvalue weighted by molar-refractivity contribution is 0.0508. The summed E-state index contributed by atoms with van der Waals surface area (Å²) in [7, 11) is 0. The van der Waals surface area contributed by atoms with Gasteiger partial charge in [-0.2, -0.15) is 0 Å². The van der Waals surface area contributed by atoms with Crippen LogP contribution >= 0.6 is 22.6 Å². The average molecular weight is 347 g/mol. The lowest BCUT2D eigenvalue weighted by Gasteiger charge is -2.22. The van der Waals surface area contributed by atoms with E-state index in [2.05, 4.69) is 27.9 Å². The Balaban J connectivity index is 2.61. The van der Waals surface area contributed by atoms with Crippen LogP contribution in [0.1, 0.15) is 39.3 Å². The molecule has 0 aromatic heterocycles. The first-order valence-corrected chi connectivity index (χ1v) is 6.61. The van der Waals surface area contributed by atoms with Crippen molar-refractivity contribution in [1.29, 1.82) is 0 Å². The fourth-order valence-corrected chi connectivity index (χ4v) is 1.91. The molecule has 0 unspecified atom stereocenters. The summed E-state index contributed by atoms with van der Waals surface area (Å²) in [4.78, 5) is 11.6. The number of ether oxygens (including phenoxy) is 1. The number of amides is 1. The molecule has 0 fully saturated rings. The maximum absolute atomic E-state index is 11.6. The van der Waals surface area contributed by atoms with E-state index in [9.17, 15) is 4.79 Å². The molecule has 1 rings (SSSR count). The molecule has 0 saturated carbocycles. The molecular weight excluding hydrogens is 329 g/mol. The van der Waals surface area contributed by atoms with Gasteiger partial charge in [-0.15, -0.1) is 0 Å². The minimum Gasteiger partial charge on any atom is -0.444 e. The topological polar surface area (TPSA) is 38.3 Å². The molecule has 0 aliphatic heterocycles. The molecule has 1 aromatic rings. The molecule has 1 atom stereocenters. The highest BCUT2D eigenvalue weighted by atomic mass is 127. The van der Waals surface area contributed by atoms with Crippen LogP contribution in [0.2, 0.25) is 0 Å². The van der Waals surface area contributed by atoms with Gasteiger partial charge in [0.15, 0.2) is 0 Å². The van der Waals surface area contributed by atoms with Crippen molar-refractivity contribution in [2.45, 2.75) is 39.3 Å². The van der Waals surface area contributed by atoms with Gasteiger partial charge in [-0.1, -0.05) is 12.1 Å². The minimum atomic E-state index is -0.463. The van der Waals surface area contributed by atoms with Gasteiger partial charge in [-0.3, -0.25) is 0 Å². The number of hydrogen-bond acceptors (Lipinski definition) is 2. The summed E-state index contributed by atoms with van der Waals surface area (Å²) in [6.45, 7) is 7.49. The smallest absolute Gasteiger partial charge is 0.408 e. The zero-order valence-corrected chi connectivity index (χ0v) is 12.7. The lowest BCUT2D eigenvalue weighted by atomic mass is 10.1. The number of alkyl carbamates (subject to hydrolysis) is 1. The maximum Gasteiger partial charge on any atom is 0.408 e. The third-order valence-electron chi connectivity index (χ3n) is 2.08. The molecule has 0 spiro atoms. The van der Waals surface area contributed by atoms with Gasteiger partial charge in [0, 0.05) is 3.57 Å². The maximum atomic E-state index is 11.6. The number of carbonyl (C=O) groups excluding carboxylic acids is 1. The first kappa shape index (κ1) is 14.3. The van der Waals surface area contributed by atoms with Crippen LogP contribution in [0, 0.1) is 3.57 Å². The van der Waals surface area contributed by atoms with Crippen LogP contribution in [-0.4, -0.2) is 11.7 Å². The van der Waals surface area contributed by atoms with Crippen molar-refractivity contribution in [3.63, 3.8) is 0 Å². The van der Waals surface area contributed by atoms with Gasteiger partial charge in [0.1, 0.15) is 5.60 Å². The second-order valence-corrected chi connectivity index (χ2v) is 6.17. The molecule has 0 saturated heterocycles. The van der Waals surface area contributed by atoms with Crippen molar-refractivity contribution in [3.05, 3.63) is 33.4 Å². The monoisotopic (exact) mass is 347 g/mol. The van der Waals surface area contributed by atoms with Crippen LogP contribution in [-0.2, 0) is 4.74 Å². The summed E-state index contributed by atoms with van der Waals surface area (Å²) in [5.74, 6) is 0. The highest BCUT2D eigenvalue weighted by Crippen LogP contribution is 2.16. The Morgan fingerprint density at radius 3 is 2.59 bits per heavy atom. The summed E-state index contributed by atoms with van der Waals surface area (Å²) < 4.78 is 6.36. The standard InChI is InChI=1S/C13H18INO2/c1-9(10-6-5-7-11(14)8-10)15-12(16)17-13(2,3)4/h5-9H,1-4H3,(H,15,16)/t9-/m1/s1. The van der Waals surface area contributed by atoms with E-state index in [0.29, 0.717) is 0 Å². The predicted molar refractivity (Wildman–Crippen MR) is 76.9 cm³/mol. The van der Waals surface area contributed by atoms with E-state index in [0.717, 1.165) is 9.13 Å². The van der Waals surface area contributed by atoms with Gasteiger partial charge in [0.25, 0.3) is 0 Å². The third-order valence-corrected chi connectivity index (χ3v) is 2.75. The predicted octanol–water partition coefficient (Wildman–Crippen LogP) is 3.88. The van der Waals surface area contributed by atoms with Crippen molar-refractivity contribution in [2.24, 2.45) is 0 Å². The van der Waals surface area contributed by atoms with Crippen molar-refractivity contribution in [3.8, 4) is 0 Å². The normalized spacial score (nSPS) is 13.0. The quantitative estimate of drug-likeness (QED) is 0.825. The number of hydrogen-bond donors (Lipinski definition) is 1. The molecule has 1 aromatic carbocycles. The number of benzene rings is 1. The van der Waals surface area contributed by atoms with Gasteiger partial charge in [-0.05, 0) is 68.0 Å². The van der Waals surface area contributed by atoms with Crippen molar-refractivity contribution in [2.75, 3.05) is 0 Å². The Kier molecular flexibility index (Phi) is 4.80. The van der Waals surface area contributed by atoms with Crippen LogP contribution in [0.15, 0.2) is 24.3 Å². The summed E-state index contributed by atoms with van der Waals surface area (Å²) in [5.41, 5.74) is 0.609. The Morgan fingerprint density at radius 1 is 1.41 bits per heavy atom. The van der Waals surface area contributed by atoms with Crippen molar-refractivity contribution in [1.82, 2.24) is 5.32 Å². The van der Waals surface area contributed by atoms with E-state index in [1.54, 1.807) is 0 Å². The van der Waals surface area contributed by atoms with Gasteiger partial charge in [0.05, 0.1) is 6.04 Å². The lowest BCUT2D eigenvalue weighted by Crippen LogP contribution is -2.34. The van der Waals surface area contributed by atoms with E-state index in [4.69, 9.17) is 4.74 Å². The molecule has 0 aliphatic carbocycles. The summed E-state index contributed by atoms with van der Waals surface area (Å²) in [6, 6.07) is 7.97. The Labute approximate surface area is 116 Å². The van der Waals surface area contributed by atoms with E-state index < -0.39 is 5.60 Å². The second-order valence-electron chi connectivity index (χ2n) is 4.92. The SMILES string of the molecule is C[C@@H](NC(=O)OC(C)(C)C)c1cccc(I)c1. The molecule has 4 heteroatoms. The van der Waals surface area contributed by atoms with E-state index in [-0.39, 0.29) is 12.1 Å². The van der Waals surface area contributed by atoms with E-state index in [1.807, 2.05) is 52.0 Å². The van der Waals surface area contributed by atoms with Crippen LogP contribution in [0.3, 0.4) is 0 Å². The molecule has 0 aliphatic rings. The van der Waals surface area contributed by atoms with Crippen molar-refractivity contribution >= 4 is 28.7 Å². The highest BCUT2D eigenvalue weighted by molar-refractivity contribution is 14.1. The van der Waals surface area contributed by atoms with Crippen LogP contribution in [0.4, 0.5) is 4.79 Å². The first-order valence-electron chi connectivity index (χ1n) is 5.53. The molecular formula is C13H18INO2. The fraction of sp³-hybridized carbons (Fsp3) is 0.462. The number of halogens is 1. The summed E-state index contributed by atoms with van der Waals surface area (Å²) in [6.07, 6.45) is -0.385. The molecule has 0 radical (unpaired) electrons. The molecule has 0 bridgehead atoms. The Morgan fingerprint density at radius 2 is 2.06 bits per heavy atom. The number of rotatable bonds is 2. The molecule has 17 heavy (non-hydrogen) atoms. The van der Waals surface area contributed by atoms with Crippen LogP contribution in [0.25, 0.3) is 0 Å². The fourth-order valence-electron chi connectivity index (χ4n) is 1.34. The van der Waals surface area contributed by atoms with Gasteiger partial charge < -0.3 is 10.1 Å². The summed E-state index contributed by atoms with van der Waals surface area (Å²) >= 11 is 2.25. The third kappa shape index (κ3) is 5.39. The Hall–Kier alpha value is -0.780. The van der Waals surface area contributed by atoms with E-state index in [1.165, 1.54) is 0 Å². The number of carbonyl (C=O) groups is 1. The molecule has 1 N–H and O–H groups in total. The highest BCUT2D eigenvalue weighted by Gasteiger charge is 2.18. The second kappa shape index (κ2) is 5.71. The van der Waals surface area contributed by atoms with Crippen molar-refractivity contribution < 1.29 is 9.53 Å². The Bertz CT molecular complexity index is 399. The molecule has 1 amide bonds.